The Morgan fingerprint density at radius 3 is 2.20 bits per heavy atom. The van der Waals surface area contributed by atoms with E-state index in [-0.39, 0.29) is 0 Å². The summed E-state index contributed by atoms with van der Waals surface area (Å²) in [6.45, 7) is 6.65. The Labute approximate surface area is 151 Å². The lowest BCUT2D eigenvalue weighted by Gasteiger charge is -2.17. The van der Waals surface area contributed by atoms with Gasteiger partial charge in [-0.1, -0.05) is 91.4 Å². The third-order valence-corrected chi connectivity index (χ3v) is 4.59. The molecule has 3 aromatic rings. The van der Waals surface area contributed by atoms with Crippen LogP contribution in [-0.4, -0.2) is 0 Å². The zero-order valence-corrected chi connectivity index (χ0v) is 15.4. The van der Waals surface area contributed by atoms with Crippen LogP contribution in [0.5, 0.6) is 0 Å². The molecule has 0 radical (unpaired) electrons. The van der Waals surface area contributed by atoms with Crippen molar-refractivity contribution in [2.24, 2.45) is 0 Å². The summed E-state index contributed by atoms with van der Waals surface area (Å²) in [6.07, 6.45) is 4.39. The minimum atomic E-state index is 0.963. The summed E-state index contributed by atoms with van der Waals surface area (Å²) in [7, 11) is 0. The molecule has 0 atom stereocenters. The van der Waals surface area contributed by atoms with Crippen LogP contribution in [0, 0.1) is 0 Å². The molecule has 0 aliphatic rings. The third kappa shape index (κ3) is 3.91. The lowest BCUT2D eigenvalue weighted by molar-refractivity contribution is 1.13. The molecule has 0 heteroatoms. The Morgan fingerprint density at radius 1 is 0.800 bits per heavy atom. The van der Waals surface area contributed by atoms with Gasteiger partial charge in [0.05, 0.1) is 0 Å². The summed E-state index contributed by atoms with van der Waals surface area (Å²) in [5.41, 5.74) is 6.88. The first-order valence-corrected chi connectivity index (χ1v) is 9.09. The summed E-state index contributed by atoms with van der Waals surface area (Å²) >= 11 is 0. The average molecular weight is 326 g/mol. The summed E-state index contributed by atoms with van der Waals surface area (Å²) in [6, 6.07) is 26.1. The Morgan fingerprint density at radius 2 is 1.48 bits per heavy atom. The zero-order valence-electron chi connectivity index (χ0n) is 15.4. The molecule has 0 aliphatic carbocycles. The number of benzene rings is 3. The van der Waals surface area contributed by atoms with Gasteiger partial charge in [-0.2, -0.15) is 0 Å². The molecule has 126 valence electrons. The number of allylic oxidation sites excluding steroid dienone is 4. The molecular formula is C25H26. The van der Waals surface area contributed by atoms with E-state index < -0.39 is 0 Å². The zero-order chi connectivity index (χ0) is 17.6. The maximum absolute atomic E-state index is 2.39. The first kappa shape index (κ1) is 17.2. The molecule has 25 heavy (non-hydrogen) atoms. The van der Waals surface area contributed by atoms with Crippen molar-refractivity contribution in [3.63, 3.8) is 0 Å². The Balaban J connectivity index is 2.07. The van der Waals surface area contributed by atoms with Crippen LogP contribution in [0.3, 0.4) is 0 Å². The van der Waals surface area contributed by atoms with E-state index in [9.17, 15) is 0 Å². The van der Waals surface area contributed by atoms with Crippen molar-refractivity contribution in [1.29, 1.82) is 0 Å². The topological polar surface area (TPSA) is 0 Å². The van der Waals surface area contributed by atoms with Crippen LogP contribution in [-0.2, 0) is 6.42 Å². The molecule has 0 heterocycles. The second-order valence-electron chi connectivity index (χ2n) is 6.69. The summed E-state index contributed by atoms with van der Waals surface area (Å²) in [5, 5.41) is 2.67. The van der Waals surface area contributed by atoms with Gasteiger partial charge in [0.2, 0.25) is 0 Å². The van der Waals surface area contributed by atoms with Crippen molar-refractivity contribution >= 4 is 16.3 Å². The molecule has 0 aliphatic heterocycles. The highest BCUT2D eigenvalue weighted by Gasteiger charge is 2.12. The van der Waals surface area contributed by atoms with Gasteiger partial charge in [0.15, 0.2) is 0 Å². The highest BCUT2D eigenvalue weighted by Crippen LogP contribution is 2.31. The van der Waals surface area contributed by atoms with E-state index in [1.807, 2.05) is 0 Å². The quantitative estimate of drug-likeness (QED) is 0.434. The van der Waals surface area contributed by atoms with Crippen molar-refractivity contribution in [3.8, 4) is 0 Å². The first-order chi connectivity index (χ1) is 12.2. The first-order valence-electron chi connectivity index (χ1n) is 9.09. The van der Waals surface area contributed by atoms with Crippen molar-refractivity contribution in [2.45, 2.75) is 33.6 Å². The maximum atomic E-state index is 2.39. The van der Waals surface area contributed by atoms with Gasteiger partial charge < -0.3 is 0 Å². The van der Waals surface area contributed by atoms with Gasteiger partial charge in [-0.05, 0) is 59.7 Å². The maximum Gasteiger partial charge on any atom is -0.00166 e. The lowest BCUT2D eigenvalue weighted by atomic mass is 9.88. The van der Waals surface area contributed by atoms with Crippen LogP contribution in [0.2, 0.25) is 0 Å². The smallest absolute Gasteiger partial charge is 0.00166 e. The van der Waals surface area contributed by atoms with Gasteiger partial charge in [-0.3, -0.25) is 0 Å². The van der Waals surface area contributed by atoms with E-state index in [1.165, 1.54) is 38.6 Å². The van der Waals surface area contributed by atoms with Crippen LogP contribution in [0.15, 0.2) is 90.0 Å². The van der Waals surface area contributed by atoms with E-state index in [0.29, 0.717) is 0 Å². The van der Waals surface area contributed by atoms with Crippen LogP contribution in [0.4, 0.5) is 0 Å². The molecule has 0 spiro atoms. The van der Waals surface area contributed by atoms with Gasteiger partial charge >= 0.3 is 0 Å². The number of fused-ring (bicyclic) bond motifs is 1. The van der Waals surface area contributed by atoms with E-state index in [0.717, 1.165) is 12.8 Å². The van der Waals surface area contributed by atoms with Crippen molar-refractivity contribution in [1.82, 2.24) is 0 Å². The monoisotopic (exact) mass is 326 g/mol. The normalized spacial score (nSPS) is 11.6. The van der Waals surface area contributed by atoms with Crippen LogP contribution >= 0.6 is 0 Å². The molecule has 0 amide bonds. The van der Waals surface area contributed by atoms with Crippen LogP contribution < -0.4 is 0 Å². The van der Waals surface area contributed by atoms with E-state index in [4.69, 9.17) is 0 Å². The fraction of sp³-hybridized carbons (Fsp3) is 0.200. The van der Waals surface area contributed by atoms with Crippen molar-refractivity contribution in [2.75, 3.05) is 0 Å². The van der Waals surface area contributed by atoms with E-state index in [1.54, 1.807) is 0 Å². The van der Waals surface area contributed by atoms with Gasteiger partial charge in [0.1, 0.15) is 0 Å². The lowest BCUT2D eigenvalue weighted by Crippen LogP contribution is -1.98. The van der Waals surface area contributed by atoms with Gasteiger partial charge in [-0.15, -0.1) is 0 Å². The molecule has 0 fully saturated rings. The molecule has 0 aromatic heterocycles. The molecule has 3 aromatic carbocycles. The fourth-order valence-electron chi connectivity index (χ4n) is 3.56. The second-order valence-corrected chi connectivity index (χ2v) is 6.69. The fourth-order valence-corrected chi connectivity index (χ4v) is 3.56. The highest BCUT2D eigenvalue weighted by molar-refractivity contribution is 5.88. The molecule has 0 unspecified atom stereocenters. The molecule has 0 saturated heterocycles. The molecule has 0 saturated carbocycles. The molecule has 3 rings (SSSR count). The highest BCUT2D eigenvalue weighted by atomic mass is 14.2. The predicted molar refractivity (Wildman–Crippen MR) is 111 cm³/mol. The second kappa shape index (κ2) is 7.98. The van der Waals surface area contributed by atoms with Crippen molar-refractivity contribution < 1.29 is 0 Å². The largest absolute Gasteiger partial charge is 0.0806 e. The van der Waals surface area contributed by atoms with E-state index in [2.05, 4.69) is 99.6 Å². The Kier molecular flexibility index (Phi) is 5.50. The van der Waals surface area contributed by atoms with Crippen molar-refractivity contribution in [3.05, 3.63) is 101 Å². The van der Waals surface area contributed by atoms with Crippen LogP contribution in [0.1, 0.15) is 38.3 Å². The van der Waals surface area contributed by atoms with Crippen LogP contribution in [0.25, 0.3) is 16.3 Å². The molecular weight excluding hydrogens is 300 g/mol. The number of hydrogen-bond acceptors (Lipinski definition) is 0. The third-order valence-electron chi connectivity index (χ3n) is 4.59. The minimum Gasteiger partial charge on any atom is -0.0806 e. The SMILES string of the molecule is CC/C=C(/Cc1cccc2ccccc12)C(=C(C)C)c1ccccc1. The van der Waals surface area contributed by atoms with E-state index >= 15 is 0 Å². The predicted octanol–water partition coefficient (Wildman–Crippen LogP) is 7.21. The number of hydrogen-bond donors (Lipinski definition) is 0. The Hall–Kier alpha value is -2.60. The average Bonchev–Trinajstić information content (AvgIpc) is 2.63. The molecule has 0 nitrogen and oxygen atoms in total. The molecule has 0 N–H and O–H groups in total. The van der Waals surface area contributed by atoms with Gasteiger partial charge in [-0.25, -0.2) is 0 Å². The Bertz CT molecular complexity index is 902. The summed E-state index contributed by atoms with van der Waals surface area (Å²) in [4.78, 5) is 0. The van der Waals surface area contributed by atoms with Gasteiger partial charge in [0.25, 0.3) is 0 Å². The molecule has 0 bridgehead atoms. The standard InChI is InChI=1S/C25H26/c1-4-11-23(25(19(2)3)21-13-6-5-7-14-21)18-22-16-10-15-20-12-8-9-17-24(20)22/h5-17H,4,18H2,1-3H3/b23-11-. The number of rotatable bonds is 5. The van der Waals surface area contributed by atoms with Gasteiger partial charge in [0, 0.05) is 0 Å². The summed E-state index contributed by atoms with van der Waals surface area (Å²) in [5.74, 6) is 0. The minimum absolute atomic E-state index is 0.963. The summed E-state index contributed by atoms with van der Waals surface area (Å²) < 4.78 is 0.